The maximum atomic E-state index is 12.8. The number of piperidine rings is 1. The van der Waals surface area contributed by atoms with E-state index >= 15 is 0 Å². The largest absolute Gasteiger partial charge is 0.496 e. The van der Waals surface area contributed by atoms with Crippen molar-refractivity contribution in [3.8, 4) is 5.75 Å². The molecule has 6 heteroatoms. The SMILES string of the molecule is COc1cc(C(F)(F)F)ccc1C1(O)CC2CCC(C1)N2. The minimum Gasteiger partial charge on any atom is -0.496 e. The second-order valence-electron chi connectivity index (χ2n) is 5.99. The molecule has 0 aromatic heterocycles. The Labute approximate surface area is 121 Å². The first-order valence-electron chi connectivity index (χ1n) is 7.06. The maximum Gasteiger partial charge on any atom is 0.416 e. The van der Waals surface area contributed by atoms with Gasteiger partial charge in [0, 0.05) is 17.6 Å². The van der Waals surface area contributed by atoms with Gasteiger partial charge in [0.1, 0.15) is 5.75 Å². The van der Waals surface area contributed by atoms with Crippen LogP contribution in [0.2, 0.25) is 0 Å². The van der Waals surface area contributed by atoms with Crippen LogP contribution in [-0.2, 0) is 11.8 Å². The average Bonchev–Trinajstić information content (AvgIpc) is 2.76. The monoisotopic (exact) mass is 301 g/mol. The van der Waals surface area contributed by atoms with Gasteiger partial charge in [-0.25, -0.2) is 0 Å². The zero-order chi connectivity index (χ0) is 15.3. The highest BCUT2D eigenvalue weighted by atomic mass is 19.4. The molecule has 2 saturated heterocycles. The van der Waals surface area contributed by atoms with Crippen molar-refractivity contribution in [1.29, 1.82) is 0 Å². The van der Waals surface area contributed by atoms with Crippen LogP contribution < -0.4 is 10.1 Å². The Morgan fingerprint density at radius 3 is 2.38 bits per heavy atom. The molecule has 0 amide bonds. The topological polar surface area (TPSA) is 41.5 Å². The fourth-order valence-electron chi connectivity index (χ4n) is 3.59. The van der Waals surface area contributed by atoms with Crippen LogP contribution >= 0.6 is 0 Å². The van der Waals surface area contributed by atoms with E-state index in [0.29, 0.717) is 18.4 Å². The summed E-state index contributed by atoms with van der Waals surface area (Å²) in [6, 6.07) is 3.78. The quantitative estimate of drug-likeness (QED) is 0.882. The lowest BCUT2D eigenvalue weighted by Crippen LogP contribution is -2.46. The highest BCUT2D eigenvalue weighted by molar-refractivity contribution is 5.43. The summed E-state index contributed by atoms with van der Waals surface area (Å²) in [5.74, 6) is 0.105. The van der Waals surface area contributed by atoms with Crippen molar-refractivity contribution in [3.63, 3.8) is 0 Å². The molecular formula is C15H18F3NO2. The van der Waals surface area contributed by atoms with E-state index in [4.69, 9.17) is 4.74 Å². The Kier molecular flexibility index (Phi) is 3.41. The van der Waals surface area contributed by atoms with Gasteiger partial charge in [0.2, 0.25) is 0 Å². The minimum absolute atomic E-state index is 0.105. The average molecular weight is 301 g/mol. The van der Waals surface area contributed by atoms with Gasteiger partial charge < -0.3 is 15.2 Å². The van der Waals surface area contributed by atoms with Gasteiger partial charge >= 0.3 is 6.18 Å². The number of alkyl halides is 3. The molecule has 3 rings (SSSR count). The van der Waals surface area contributed by atoms with Gasteiger partial charge in [-0.15, -0.1) is 0 Å². The van der Waals surface area contributed by atoms with Crippen molar-refractivity contribution in [2.45, 2.75) is 49.5 Å². The molecule has 0 saturated carbocycles. The van der Waals surface area contributed by atoms with Gasteiger partial charge in [0.15, 0.2) is 0 Å². The molecule has 0 aliphatic carbocycles. The number of nitrogens with one attached hydrogen (secondary N) is 1. The van der Waals surface area contributed by atoms with Gasteiger partial charge in [0.25, 0.3) is 0 Å². The van der Waals surface area contributed by atoms with Crippen LogP contribution in [0.5, 0.6) is 5.75 Å². The van der Waals surface area contributed by atoms with Crippen molar-refractivity contribution in [1.82, 2.24) is 5.32 Å². The Bertz CT molecular complexity index is 532. The smallest absolute Gasteiger partial charge is 0.416 e. The van der Waals surface area contributed by atoms with Crippen LogP contribution in [0, 0.1) is 0 Å². The van der Waals surface area contributed by atoms with E-state index in [9.17, 15) is 18.3 Å². The van der Waals surface area contributed by atoms with Crippen LogP contribution in [0.4, 0.5) is 13.2 Å². The van der Waals surface area contributed by atoms with Gasteiger partial charge in [-0.05, 0) is 37.8 Å². The first kappa shape index (κ1) is 14.7. The molecule has 2 unspecified atom stereocenters. The maximum absolute atomic E-state index is 12.8. The summed E-state index contributed by atoms with van der Waals surface area (Å²) >= 11 is 0. The molecule has 2 aliphatic heterocycles. The molecule has 2 heterocycles. The number of methoxy groups -OCH3 is 1. The fourth-order valence-corrected chi connectivity index (χ4v) is 3.59. The van der Waals surface area contributed by atoms with E-state index in [1.165, 1.54) is 13.2 Å². The first-order chi connectivity index (χ1) is 9.82. The molecule has 21 heavy (non-hydrogen) atoms. The predicted molar refractivity (Wildman–Crippen MR) is 71.1 cm³/mol. The highest BCUT2D eigenvalue weighted by Gasteiger charge is 2.45. The zero-order valence-corrected chi connectivity index (χ0v) is 11.7. The van der Waals surface area contributed by atoms with E-state index < -0.39 is 17.3 Å². The van der Waals surface area contributed by atoms with Crippen molar-refractivity contribution < 1.29 is 23.0 Å². The van der Waals surface area contributed by atoms with Crippen LogP contribution in [0.1, 0.15) is 36.8 Å². The summed E-state index contributed by atoms with van der Waals surface area (Å²) in [5.41, 5.74) is -1.42. The molecule has 2 aliphatic rings. The summed E-state index contributed by atoms with van der Waals surface area (Å²) < 4.78 is 43.4. The second kappa shape index (κ2) is 4.88. The van der Waals surface area contributed by atoms with Crippen molar-refractivity contribution in [2.24, 2.45) is 0 Å². The Morgan fingerprint density at radius 2 is 1.86 bits per heavy atom. The summed E-state index contributed by atoms with van der Waals surface area (Å²) in [4.78, 5) is 0. The standard InChI is InChI=1S/C15H18F3NO2/c1-21-13-6-9(15(16,17)18)2-5-12(13)14(20)7-10-3-4-11(8-14)19-10/h2,5-6,10-11,19-20H,3-4,7-8H2,1H3. The van der Waals surface area contributed by atoms with Gasteiger partial charge in [0.05, 0.1) is 18.3 Å². The molecular weight excluding hydrogens is 283 g/mol. The summed E-state index contributed by atoms with van der Waals surface area (Å²) in [7, 11) is 1.33. The van der Waals surface area contributed by atoms with E-state index in [1.807, 2.05) is 0 Å². The Balaban J connectivity index is 1.98. The van der Waals surface area contributed by atoms with Crippen molar-refractivity contribution >= 4 is 0 Å². The number of halogens is 3. The van der Waals surface area contributed by atoms with Crippen LogP contribution in [0.25, 0.3) is 0 Å². The van der Waals surface area contributed by atoms with Gasteiger partial charge in [-0.3, -0.25) is 0 Å². The molecule has 2 fully saturated rings. The highest BCUT2D eigenvalue weighted by Crippen LogP contribution is 2.45. The molecule has 0 radical (unpaired) electrons. The second-order valence-corrected chi connectivity index (χ2v) is 5.99. The molecule has 2 bridgehead atoms. The van der Waals surface area contributed by atoms with Gasteiger partial charge in [-0.2, -0.15) is 13.2 Å². The number of rotatable bonds is 2. The molecule has 2 N–H and O–H groups in total. The molecule has 2 atom stereocenters. The number of hydrogen-bond acceptors (Lipinski definition) is 3. The normalized spacial score (nSPS) is 32.2. The third-order valence-corrected chi connectivity index (χ3v) is 4.53. The molecule has 116 valence electrons. The lowest BCUT2D eigenvalue weighted by Gasteiger charge is -2.38. The molecule has 1 aromatic carbocycles. The van der Waals surface area contributed by atoms with E-state index in [2.05, 4.69) is 5.32 Å². The summed E-state index contributed by atoms with van der Waals surface area (Å²) in [6.07, 6.45) is -1.41. The Hall–Kier alpha value is -1.27. The van der Waals surface area contributed by atoms with Crippen molar-refractivity contribution in [3.05, 3.63) is 29.3 Å². The number of ether oxygens (including phenoxy) is 1. The van der Waals surface area contributed by atoms with E-state index in [1.54, 1.807) is 0 Å². The number of hydrogen-bond donors (Lipinski definition) is 2. The lowest BCUT2D eigenvalue weighted by molar-refractivity contribution is -0.137. The van der Waals surface area contributed by atoms with Gasteiger partial charge in [-0.1, -0.05) is 6.07 Å². The minimum atomic E-state index is -4.42. The van der Waals surface area contributed by atoms with Crippen molar-refractivity contribution in [2.75, 3.05) is 7.11 Å². The predicted octanol–water partition coefficient (Wildman–Crippen LogP) is 2.82. The third-order valence-electron chi connectivity index (χ3n) is 4.53. The lowest BCUT2D eigenvalue weighted by atomic mass is 9.80. The summed E-state index contributed by atoms with van der Waals surface area (Å²) in [6.45, 7) is 0. The third kappa shape index (κ3) is 2.62. The van der Waals surface area contributed by atoms with Crippen LogP contribution in [0.15, 0.2) is 18.2 Å². The molecule has 1 aromatic rings. The number of aliphatic hydroxyl groups is 1. The van der Waals surface area contributed by atoms with E-state index in [0.717, 1.165) is 25.0 Å². The zero-order valence-electron chi connectivity index (χ0n) is 11.7. The van der Waals surface area contributed by atoms with Crippen LogP contribution in [-0.4, -0.2) is 24.3 Å². The number of benzene rings is 1. The van der Waals surface area contributed by atoms with E-state index in [-0.39, 0.29) is 17.8 Å². The fraction of sp³-hybridized carbons (Fsp3) is 0.600. The van der Waals surface area contributed by atoms with Crippen LogP contribution in [0.3, 0.4) is 0 Å². The number of fused-ring (bicyclic) bond motifs is 2. The first-order valence-corrected chi connectivity index (χ1v) is 7.06. The molecule has 0 spiro atoms. The summed E-state index contributed by atoms with van der Waals surface area (Å²) in [5, 5.41) is 14.3. The molecule has 3 nitrogen and oxygen atoms in total. The Morgan fingerprint density at radius 1 is 1.24 bits per heavy atom.